The Hall–Kier alpha value is -0.860. The maximum absolute atomic E-state index is 12.7. The van der Waals surface area contributed by atoms with E-state index in [1.54, 1.807) is 7.11 Å². The first-order chi connectivity index (χ1) is 10.9. The molecule has 128 valence electrons. The zero-order valence-electron chi connectivity index (χ0n) is 13.0. The molecule has 0 spiro atoms. The predicted molar refractivity (Wildman–Crippen MR) is 81.3 cm³/mol. The molecule has 1 aromatic heterocycles. The summed E-state index contributed by atoms with van der Waals surface area (Å²) in [5, 5.41) is 0.385. The van der Waals surface area contributed by atoms with E-state index in [0.717, 1.165) is 57.0 Å². The molecular weight excluding hydrogens is 327 g/mol. The largest absolute Gasteiger partial charge is 0.433 e. The highest BCUT2D eigenvalue weighted by Gasteiger charge is 2.48. The molecule has 2 fully saturated rings. The van der Waals surface area contributed by atoms with Gasteiger partial charge in [0.2, 0.25) is 0 Å². The Balaban J connectivity index is 1.63. The van der Waals surface area contributed by atoms with Crippen LogP contribution in [-0.2, 0) is 10.9 Å². The SMILES string of the molecule is COC[C@@]12CCCN1[C@H](CSc1cc(C(F)(F)F)ncn1)CC2. The fourth-order valence-electron chi connectivity index (χ4n) is 3.81. The lowest BCUT2D eigenvalue weighted by molar-refractivity contribution is -0.141. The molecular formula is C15H20F3N3OS. The Morgan fingerprint density at radius 2 is 2.22 bits per heavy atom. The molecule has 4 nitrogen and oxygen atoms in total. The number of rotatable bonds is 5. The zero-order chi connectivity index (χ0) is 16.5. The van der Waals surface area contributed by atoms with Crippen molar-refractivity contribution in [2.24, 2.45) is 0 Å². The van der Waals surface area contributed by atoms with Crippen molar-refractivity contribution in [2.45, 2.75) is 48.5 Å². The first kappa shape index (κ1) is 17.0. The number of halogens is 3. The van der Waals surface area contributed by atoms with E-state index in [1.807, 2.05) is 0 Å². The molecule has 0 radical (unpaired) electrons. The number of fused-ring (bicyclic) bond motifs is 1. The van der Waals surface area contributed by atoms with Crippen LogP contribution in [-0.4, -0.2) is 52.5 Å². The van der Waals surface area contributed by atoms with Gasteiger partial charge >= 0.3 is 6.18 Å². The van der Waals surface area contributed by atoms with Crippen LogP contribution in [0.2, 0.25) is 0 Å². The monoisotopic (exact) mass is 347 g/mol. The molecule has 3 heterocycles. The van der Waals surface area contributed by atoms with E-state index in [9.17, 15) is 13.2 Å². The Bertz CT molecular complexity index is 557. The third kappa shape index (κ3) is 3.49. The van der Waals surface area contributed by atoms with Gasteiger partial charge in [-0.05, 0) is 32.2 Å². The van der Waals surface area contributed by atoms with E-state index in [4.69, 9.17) is 4.74 Å². The van der Waals surface area contributed by atoms with Crippen LogP contribution in [0.4, 0.5) is 13.2 Å². The summed E-state index contributed by atoms with van der Waals surface area (Å²) >= 11 is 1.38. The van der Waals surface area contributed by atoms with E-state index in [-0.39, 0.29) is 5.54 Å². The second-order valence-electron chi connectivity index (χ2n) is 6.20. The van der Waals surface area contributed by atoms with E-state index < -0.39 is 11.9 Å². The van der Waals surface area contributed by atoms with Crippen molar-refractivity contribution in [1.29, 1.82) is 0 Å². The quantitative estimate of drug-likeness (QED) is 0.604. The standard InChI is InChI=1S/C15H20F3N3OS/c1-22-9-14-4-2-6-21(14)11(3-5-14)8-23-13-7-12(15(16,17)18)19-10-20-13/h7,10-11H,2-6,8-9H2,1H3/t11-,14-/m0/s1. The molecule has 0 aromatic carbocycles. The highest BCUT2D eigenvalue weighted by Crippen LogP contribution is 2.43. The van der Waals surface area contributed by atoms with Crippen molar-refractivity contribution in [3.63, 3.8) is 0 Å². The normalized spacial score (nSPS) is 28.3. The fourth-order valence-corrected chi connectivity index (χ4v) is 4.84. The van der Waals surface area contributed by atoms with Gasteiger partial charge in [0.15, 0.2) is 0 Å². The molecule has 0 N–H and O–H groups in total. The molecule has 2 saturated heterocycles. The summed E-state index contributed by atoms with van der Waals surface area (Å²) in [6.07, 6.45) is 1.04. The Kier molecular flexibility index (Phi) is 4.85. The molecule has 0 aliphatic carbocycles. The van der Waals surface area contributed by atoms with Crippen LogP contribution >= 0.6 is 11.8 Å². The van der Waals surface area contributed by atoms with Gasteiger partial charge in [-0.15, -0.1) is 11.8 Å². The van der Waals surface area contributed by atoms with E-state index in [2.05, 4.69) is 14.9 Å². The lowest BCUT2D eigenvalue weighted by atomic mass is 9.95. The van der Waals surface area contributed by atoms with Crippen molar-refractivity contribution < 1.29 is 17.9 Å². The summed E-state index contributed by atoms with van der Waals surface area (Å²) in [5.74, 6) is 0.750. The van der Waals surface area contributed by atoms with Gasteiger partial charge in [-0.2, -0.15) is 13.2 Å². The molecule has 2 atom stereocenters. The van der Waals surface area contributed by atoms with Crippen LogP contribution in [0.25, 0.3) is 0 Å². The first-order valence-electron chi connectivity index (χ1n) is 7.72. The van der Waals surface area contributed by atoms with Crippen LogP contribution in [0.5, 0.6) is 0 Å². The number of nitrogens with zero attached hydrogens (tertiary/aromatic N) is 3. The molecule has 2 aliphatic heterocycles. The minimum atomic E-state index is -4.42. The van der Waals surface area contributed by atoms with Crippen LogP contribution in [0.3, 0.4) is 0 Å². The van der Waals surface area contributed by atoms with Crippen LogP contribution in [0, 0.1) is 0 Å². The van der Waals surface area contributed by atoms with E-state index in [1.165, 1.54) is 11.8 Å². The van der Waals surface area contributed by atoms with Gasteiger partial charge in [-0.3, -0.25) is 4.90 Å². The number of alkyl halides is 3. The van der Waals surface area contributed by atoms with Gasteiger partial charge in [0.1, 0.15) is 17.0 Å². The van der Waals surface area contributed by atoms with Crippen LogP contribution in [0.1, 0.15) is 31.4 Å². The second-order valence-corrected chi connectivity index (χ2v) is 7.24. The highest BCUT2D eigenvalue weighted by atomic mass is 32.2. The van der Waals surface area contributed by atoms with Crippen LogP contribution in [0.15, 0.2) is 17.4 Å². The molecule has 0 unspecified atom stereocenters. The number of hydrogen-bond acceptors (Lipinski definition) is 5. The molecule has 3 rings (SSSR count). The van der Waals surface area contributed by atoms with Gasteiger partial charge in [-0.25, -0.2) is 9.97 Å². The molecule has 23 heavy (non-hydrogen) atoms. The maximum atomic E-state index is 12.7. The van der Waals surface area contributed by atoms with Crippen molar-refractivity contribution >= 4 is 11.8 Å². The van der Waals surface area contributed by atoms with Gasteiger partial charge in [-0.1, -0.05) is 0 Å². The Labute approximate surface area is 137 Å². The molecule has 1 aromatic rings. The topological polar surface area (TPSA) is 38.2 Å². The summed E-state index contributed by atoms with van der Waals surface area (Å²) < 4.78 is 43.5. The molecule has 8 heteroatoms. The average Bonchev–Trinajstić information content (AvgIpc) is 3.04. The smallest absolute Gasteiger partial charge is 0.383 e. The van der Waals surface area contributed by atoms with E-state index >= 15 is 0 Å². The minimum Gasteiger partial charge on any atom is -0.383 e. The minimum absolute atomic E-state index is 0.142. The summed E-state index contributed by atoms with van der Waals surface area (Å²) in [7, 11) is 1.73. The third-order valence-electron chi connectivity index (χ3n) is 4.80. The predicted octanol–water partition coefficient (Wildman–Crippen LogP) is 3.23. The highest BCUT2D eigenvalue weighted by molar-refractivity contribution is 7.99. The van der Waals surface area contributed by atoms with Gasteiger partial charge in [0, 0.05) is 30.5 Å². The number of hydrogen-bond donors (Lipinski definition) is 0. The van der Waals surface area contributed by atoms with Crippen molar-refractivity contribution in [3.8, 4) is 0 Å². The van der Waals surface area contributed by atoms with Gasteiger partial charge in [0.05, 0.1) is 6.61 Å². The second kappa shape index (κ2) is 6.57. The summed E-state index contributed by atoms with van der Waals surface area (Å²) in [4.78, 5) is 9.76. The molecule has 0 bridgehead atoms. The van der Waals surface area contributed by atoms with Crippen molar-refractivity contribution in [2.75, 3.05) is 26.0 Å². The summed E-state index contributed by atoms with van der Waals surface area (Å²) in [6, 6.07) is 1.41. The number of aromatic nitrogens is 2. The lowest BCUT2D eigenvalue weighted by Crippen LogP contribution is -2.46. The summed E-state index contributed by atoms with van der Waals surface area (Å²) in [5.41, 5.74) is -0.737. The van der Waals surface area contributed by atoms with Crippen LogP contribution < -0.4 is 0 Å². The maximum Gasteiger partial charge on any atom is 0.433 e. The Morgan fingerprint density at radius 1 is 1.39 bits per heavy atom. The zero-order valence-corrected chi connectivity index (χ0v) is 13.8. The first-order valence-corrected chi connectivity index (χ1v) is 8.71. The average molecular weight is 347 g/mol. The fraction of sp³-hybridized carbons (Fsp3) is 0.733. The van der Waals surface area contributed by atoms with Crippen molar-refractivity contribution in [3.05, 3.63) is 18.1 Å². The molecule has 2 aliphatic rings. The number of methoxy groups -OCH3 is 1. The Morgan fingerprint density at radius 3 is 2.96 bits per heavy atom. The van der Waals surface area contributed by atoms with Gasteiger partial charge in [0.25, 0.3) is 0 Å². The van der Waals surface area contributed by atoms with Crippen molar-refractivity contribution in [1.82, 2.24) is 14.9 Å². The van der Waals surface area contributed by atoms with Gasteiger partial charge < -0.3 is 4.74 Å². The molecule has 0 saturated carbocycles. The number of ether oxygens (including phenoxy) is 1. The number of thioether (sulfide) groups is 1. The lowest BCUT2D eigenvalue weighted by Gasteiger charge is -2.34. The summed E-state index contributed by atoms with van der Waals surface area (Å²) in [6.45, 7) is 1.78. The molecule has 0 amide bonds. The van der Waals surface area contributed by atoms with E-state index in [0.29, 0.717) is 11.1 Å². The third-order valence-corrected chi connectivity index (χ3v) is 5.87.